The van der Waals surface area contributed by atoms with Crippen LogP contribution in [0.15, 0.2) is 22.8 Å². The van der Waals surface area contributed by atoms with E-state index in [1.165, 1.54) is 0 Å². The minimum atomic E-state index is -0.180. The van der Waals surface area contributed by atoms with Gasteiger partial charge in [-0.3, -0.25) is 9.59 Å². The molecule has 1 aromatic heterocycles. The maximum Gasteiger partial charge on any atom is 0.228 e. The van der Waals surface area contributed by atoms with Gasteiger partial charge in [0.2, 0.25) is 11.8 Å². The molecule has 1 unspecified atom stereocenters. The Hall–Kier alpha value is -1.43. The van der Waals surface area contributed by atoms with E-state index in [4.69, 9.17) is 4.42 Å². The van der Waals surface area contributed by atoms with Gasteiger partial charge < -0.3 is 14.2 Å². The summed E-state index contributed by atoms with van der Waals surface area (Å²) in [5, 5.41) is 0. The van der Waals surface area contributed by atoms with E-state index in [0.717, 1.165) is 30.4 Å². The maximum atomic E-state index is 12.4. The highest BCUT2D eigenvalue weighted by atomic mass is 32.2. The quantitative estimate of drug-likeness (QED) is 0.840. The predicted molar refractivity (Wildman–Crippen MR) is 76.1 cm³/mol. The number of likely N-dealkylation sites (tertiary alicyclic amines) is 1. The van der Waals surface area contributed by atoms with Crippen molar-refractivity contribution in [1.82, 2.24) is 9.80 Å². The van der Waals surface area contributed by atoms with Crippen molar-refractivity contribution in [2.75, 3.05) is 31.1 Å². The molecule has 108 valence electrons. The third kappa shape index (κ3) is 2.85. The van der Waals surface area contributed by atoms with Gasteiger partial charge in [-0.2, -0.15) is 11.8 Å². The number of rotatable bonds is 3. The van der Waals surface area contributed by atoms with Gasteiger partial charge >= 0.3 is 0 Å². The molecule has 0 N–H and O–H groups in total. The summed E-state index contributed by atoms with van der Waals surface area (Å²) in [6.45, 7) is 2.60. The topological polar surface area (TPSA) is 53.8 Å². The number of thioether (sulfide) groups is 1. The van der Waals surface area contributed by atoms with Gasteiger partial charge in [-0.1, -0.05) is 0 Å². The van der Waals surface area contributed by atoms with E-state index in [0.29, 0.717) is 19.5 Å². The van der Waals surface area contributed by atoms with Crippen LogP contribution in [0.25, 0.3) is 0 Å². The molecular formula is C14H18N2O3S. The van der Waals surface area contributed by atoms with E-state index < -0.39 is 0 Å². The third-order valence-corrected chi connectivity index (χ3v) is 4.76. The predicted octanol–water partition coefficient (Wildman–Crippen LogP) is 1.20. The first-order chi connectivity index (χ1) is 9.74. The summed E-state index contributed by atoms with van der Waals surface area (Å²) in [7, 11) is 0. The average Bonchev–Trinajstić information content (AvgIpc) is 3.10. The van der Waals surface area contributed by atoms with E-state index in [9.17, 15) is 9.59 Å². The molecule has 0 radical (unpaired) electrons. The van der Waals surface area contributed by atoms with Crippen LogP contribution in [0, 0.1) is 5.92 Å². The van der Waals surface area contributed by atoms with Crippen LogP contribution in [0.4, 0.5) is 0 Å². The zero-order chi connectivity index (χ0) is 13.9. The molecule has 1 atom stereocenters. The van der Waals surface area contributed by atoms with Crippen LogP contribution in [-0.2, 0) is 16.1 Å². The van der Waals surface area contributed by atoms with E-state index in [-0.39, 0.29) is 17.7 Å². The van der Waals surface area contributed by atoms with Crippen molar-refractivity contribution in [3.63, 3.8) is 0 Å². The van der Waals surface area contributed by atoms with Gasteiger partial charge in [0, 0.05) is 37.6 Å². The van der Waals surface area contributed by atoms with Gasteiger partial charge in [0.15, 0.2) is 0 Å². The third-order valence-electron chi connectivity index (χ3n) is 3.81. The second kappa shape index (κ2) is 5.91. The van der Waals surface area contributed by atoms with E-state index in [1.807, 2.05) is 28.8 Å². The van der Waals surface area contributed by atoms with Crippen LogP contribution in [-0.4, -0.2) is 52.8 Å². The lowest BCUT2D eigenvalue weighted by atomic mass is 10.1. The molecule has 3 heterocycles. The molecular weight excluding hydrogens is 276 g/mol. The van der Waals surface area contributed by atoms with Gasteiger partial charge in [-0.15, -0.1) is 0 Å². The fourth-order valence-electron chi connectivity index (χ4n) is 2.72. The number of carbonyl (C=O) groups excluding carboxylic acids is 2. The summed E-state index contributed by atoms with van der Waals surface area (Å²) < 4.78 is 5.26. The summed E-state index contributed by atoms with van der Waals surface area (Å²) in [4.78, 5) is 28.0. The number of nitrogens with zero attached hydrogens (tertiary/aromatic N) is 2. The normalized spacial score (nSPS) is 23.4. The molecule has 2 amide bonds. The highest BCUT2D eigenvalue weighted by Crippen LogP contribution is 2.23. The van der Waals surface area contributed by atoms with Crippen LogP contribution < -0.4 is 0 Å². The Balaban J connectivity index is 1.59. The molecule has 2 aliphatic rings. The molecule has 0 aromatic carbocycles. The van der Waals surface area contributed by atoms with Crippen molar-refractivity contribution in [1.29, 1.82) is 0 Å². The summed E-state index contributed by atoms with van der Waals surface area (Å²) >= 11 is 1.88. The molecule has 20 heavy (non-hydrogen) atoms. The van der Waals surface area contributed by atoms with Gasteiger partial charge in [-0.05, 0) is 12.1 Å². The van der Waals surface area contributed by atoms with Crippen molar-refractivity contribution in [3.8, 4) is 0 Å². The molecule has 6 heteroatoms. The minimum absolute atomic E-state index is 0.0473. The average molecular weight is 294 g/mol. The summed E-state index contributed by atoms with van der Waals surface area (Å²) in [5.74, 6) is 2.78. The number of hydrogen-bond acceptors (Lipinski definition) is 4. The Labute approximate surface area is 122 Å². The lowest BCUT2D eigenvalue weighted by molar-refractivity contribution is -0.135. The van der Waals surface area contributed by atoms with Crippen molar-refractivity contribution in [2.24, 2.45) is 5.92 Å². The number of carbonyl (C=O) groups is 2. The molecule has 3 rings (SSSR count). The Morgan fingerprint density at radius 3 is 2.90 bits per heavy atom. The monoisotopic (exact) mass is 294 g/mol. The number of furan rings is 1. The molecule has 2 aliphatic heterocycles. The molecule has 0 spiro atoms. The van der Waals surface area contributed by atoms with E-state index in [2.05, 4.69) is 0 Å². The second-order valence-corrected chi connectivity index (χ2v) is 6.42. The first kappa shape index (κ1) is 13.5. The van der Waals surface area contributed by atoms with Crippen molar-refractivity contribution in [2.45, 2.75) is 13.0 Å². The molecule has 0 aliphatic carbocycles. The van der Waals surface area contributed by atoms with Crippen molar-refractivity contribution in [3.05, 3.63) is 24.2 Å². The summed E-state index contributed by atoms with van der Waals surface area (Å²) in [5.41, 5.74) is 0. The lowest BCUT2D eigenvalue weighted by Crippen LogP contribution is -2.42. The molecule has 1 aromatic rings. The van der Waals surface area contributed by atoms with Gasteiger partial charge in [-0.25, -0.2) is 0 Å². The number of amides is 2. The minimum Gasteiger partial charge on any atom is -0.467 e. The Bertz CT molecular complexity index is 483. The zero-order valence-electron chi connectivity index (χ0n) is 11.3. The first-order valence-electron chi connectivity index (χ1n) is 6.91. The summed E-state index contributed by atoms with van der Waals surface area (Å²) in [6.07, 6.45) is 1.94. The largest absolute Gasteiger partial charge is 0.467 e. The smallest absolute Gasteiger partial charge is 0.228 e. The van der Waals surface area contributed by atoms with Gasteiger partial charge in [0.05, 0.1) is 18.7 Å². The van der Waals surface area contributed by atoms with Crippen LogP contribution in [0.1, 0.15) is 12.2 Å². The molecule has 2 fully saturated rings. The summed E-state index contributed by atoms with van der Waals surface area (Å²) in [6, 6.07) is 3.66. The van der Waals surface area contributed by atoms with E-state index >= 15 is 0 Å². The fourth-order valence-corrected chi connectivity index (χ4v) is 3.63. The maximum absolute atomic E-state index is 12.4. The van der Waals surface area contributed by atoms with Crippen LogP contribution in [0.5, 0.6) is 0 Å². The van der Waals surface area contributed by atoms with E-state index in [1.54, 1.807) is 11.2 Å². The standard InChI is InChI=1S/C14H18N2O3S/c17-13-8-11(14(18)15-3-6-20-7-4-15)9-16(13)10-12-2-1-5-19-12/h1-2,5,11H,3-4,6-10H2. The fraction of sp³-hybridized carbons (Fsp3) is 0.571. The molecule has 2 saturated heterocycles. The van der Waals surface area contributed by atoms with Crippen LogP contribution >= 0.6 is 11.8 Å². The van der Waals surface area contributed by atoms with Gasteiger partial charge in [0.1, 0.15) is 5.76 Å². The Morgan fingerprint density at radius 1 is 1.40 bits per heavy atom. The SMILES string of the molecule is O=C1CC(C(=O)N2CCSCC2)CN1Cc1ccco1. The molecule has 0 bridgehead atoms. The van der Waals surface area contributed by atoms with Crippen LogP contribution in [0.3, 0.4) is 0 Å². The Kier molecular flexibility index (Phi) is 4.00. The van der Waals surface area contributed by atoms with Gasteiger partial charge in [0.25, 0.3) is 0 Å². The second-order valence-electron chi connectivity index (χ2n) is 5.19. The zero-order valence-corrected chi connectivity index (χ0v) is 12.1. The Morgan fingerprint density at radius 2 is 2.20 bits per heavy atom. The molecule has 0 saturated carbocycles. The highest BCUT2D eigenvalue weighted by molar-refractivity contribution is 7.99. The van der Waals surface area contributed by atoms with Crippen molar-refractivity contribution >= 4 is 23.6 Å². The van der Waals surface area contributed by atoms with Crippen molar-refractivity contribution < 1.29 is 14.0 Å². The molecule has 5 nitrogen and oxygen atoms in total. The van der Waals surface area contributed by atoms with Crippen LogP contribution in [0.2, 0.25) is 0 Å². The lowest BCUT2D eigenvalue weighted by Gasteiger charge is -2.28. The first-order valence-corrected chi connectivity index (χ1v) is 8.06. The number of hydrogen-bond donors (Lipinski definition) is 0. The highest BCUT2D eigenvalue weighted by Gasteiger charge is 2.36.